The first-order valence-electron chi connectivity index (χ1n) is 7.11. The Hall–Kier alpha value is -1.31. The summed E-state index contributed by atoms with van der Waals surface area (Å²) >= 11 is 2.19. The Morgan fingerprint density at radius 1 is 1.27 bits per heavy atom. The van der Waals surface area contributed by atoms with E-state index in [1.165, 1.54) is 4.90 Å². The Bertz CT molecular complexity index is 522. The van der Waals surface area contributed by atoms with Gasteiger partial charge in [-0.25, -0.2) is 9.59 Å². The quantitative estimate of drug-likeness (QED) is 0.742. The number of benzene rings is 1. The van der Waals surface area contributed by atoms with E-state index >= 15 is 0 Å². The molecule has 0 unspecified atom stereocenters. The van der Waals surface area contributed by atoms with Gasteiger partial charge >= 0.3 is 12.1 Å². The SMILES string of the molecule is CCN(C(=O)OC(C)(C)C)[C@@H](Cc1ccc(I)cc1)C(=O)O. The van der Waals surface area contributed by atoms with Crippen LogP contribution in [0.4, 0.5) is 4.79 Å². The van der Waals surface area contributed by atoms with Crippen molar-refractivity contribution in [1.82, 2.24) is 4.90 Å². The predicted molar refractivity (Wildman–Crippen MR) is 92.9 cm³/mol. The van der Waals surface area contributed by atoms with Gasteiger partial charge in [0.15, 0.2) is 0 Å². The second-order valence-electron chi connectivity index (χ2n) is 5.95. The van der Waals surface area contributed by atoms with Crippen molar-refractivity contribution in [2.45, 2.75) is 45.8 Å². The van der Waals surface area contributed by atoms with Gasteiger partial charge in [0.2, 0.25) is 0 Å². The average Bonchev–Trinajstić information content (AvgIpc) is 2.38. The van der Waals surface area contributed by atoms with Gasteiger partial charge in [-0.3, -0.25) is 4.90 Å². The zero-order valence-electron chi connectivity index (χ0n) is 13.3. The van der Waals surface area contributed by atoms with Crippen LogP contribution >= 0.6 is 22.6 Å². The molecule has 122 valence electrons. The van der Waals surface area contributed by atoms with E-state index < -0.39 is 23.7 Å². The molecular formula is C16H22INO4. The van der Waals surface area contributed by atoms with Crippen LogP contribution in [0.5, 0.6) is 0 Å². The number of rotatable bonds is 5. The maximum absolute atomic E-state index is 12.2. The minimum absolute atomic E-state index is 0.249. The predicted octanol–water partition coefficient (Wildman–Crippen LogP) is 3.54. The molecule has 1 atom stereocenters. The standard InChI is InChI=1S/C16H22INO4/c1-5-18(15(21)22-16(2,3)4)13(14(19)20)10-11-6-8-12(17)9-7-11/h6-9,13H,5,10H2,1-4H3,(H,19,20)/t13-/m0/s1. The number of likely N-dealkylation sites (N-methyl/N-ethyl adjacent to an activating group) is 1. The Labute approximate surface area is 144 Å². The summed E-state index contributed by atoms with van der Waals surface area (Å²) in [5.74, 6) is -1.04. The lowest BCUT2D eigenvalue weighted by molar-refractivity contribution is -0.143. The van der Waals surface area contributed by atoms with E-state index in [1.54, 1.807) is 27.7 Å². The van der Waals surface area contributed by atoms with Gasteiger partial charge in [0, 0.05) is 16.5 Å². The molecule has 5 nitrogen and oxygen atoms in total. The van der Waals surface area contributed by atoms with Crippen molar-refractivity contribution in [2.75, 3.05) is 6.54 Å². The molecule has 1 rings (SSSR count). The monoisotopic (exact) mass is 419 g/mol. The number of halogens is 1. The van der Waals surface area contributed by atoms with Crippen LogP contribution < -0.4 is 0 Å². The molecule has 0 aromatic heterocycles. The maximum Gasteiger partial charge on any atom is 0.411 e. The third kappa shape index (κ3) is 5.82. The zero-order valence-corrected chi connectivity index (χ0v) is 15.5. The molecule has 0 heterocycles. The normalized spacial score (nSPS) is 12.6. The summed E-state index contributed by atoms with van der Waals surface area (Å²) in [7, 11) is 0. The Morgan fingerprint density at radius 2 is 1.82 bits per heavy atom. The summed E-state index contributed by atoms with van der Waals surface area (Å²) in [6, 6.07) is 6.64. The summed E-state index contributed by atoms with van der Waals surface area (Å²) in [5.41, 5.74) is 0.214. The van der Waals surface area contributed by atoms with Crippen LogP contribution in [0.3, 0.4) is 0 Å². The van der Waals surface area contributed by atoms with Crippen LogP contribution in [0.2, 0.25) is 0 Å². The van der Waals surface area contributed by atoms with Crippen molar-refractivity contribution < 1.29 is 19.4 Å². The van der Waals surface area contributed by atoms with E-state index in [1.807, 2.05) is 24.3 Å². The number of carbonyl (C=O) groups is 2. The lowest BCUT2D eigenvalue weighted by atomic mass is 10.0. The third-order valence-corrected chi connectivity index (χ3v) is 3.69. The van der Waals surface area contributed by atoms with Crippen LogP contribution in [0.1, 0.15) is 33.3 Å². The lowest BCUT2D eigenvalue weighted by Gasteiger charge is -2.30. The first kappa shape index (κ1) is 18.7. The van der Waals surface area contributed by atoms with Gasteiger partial charge in [-0.05, 0) is 68.0 Å². The van der Waals surface area contributed by atoms with Crippen molar-refractivity contribution in [3.63, 3.8) is 0 Å². The highest BCUT2D eigenvalue weighted by molar-refractivity contribution is 14.1. The van der Waals surface area contributed by atoms with Crippen LogP contribution in [0, 0.1) is 3.57 Å². The van der Waals surface area contributed by atoms with E-state index in [2.05, 4.69) is 22.6 Å². The molecular weight excluding hydrogens is 397 g/mol. The summed E-state index contributed by atoms with van der Waals surface area (Å²) in [6.07, 6.45) is -0.354. The van der Waals surface area contributed by atoms with Crippen molar-refractivity contribution >= 4 is 34.7 Å². The number of carboxylic acids is 1. The van der Waals surface area contributed by atoms with Crippen molar-refractivity contribution in [3.8, 4) is 0 Å². The van der Waals surface area contributed by atoms with E-state index in [9.17, 15) is 14.7 Å². The van der Waals surface area contributed by atoms with Gasteiger partial charge in [-0.1, -0.05) is 12.1 Å². The molecule has 1 aromatic carbocycles. The number of nitrogens with zero attached hydrogens (tertiary/aromatic N) is 1. The number of amides is 1. The molecule has 0 bridgehead atoms. The molecule has 0 radical (unpaired) electrons. The molecule has 0 aliphatic rings. The average molecular weight is 419 g/mol. The molecule has 0 aliphatic carbocycles. The molecule has 1 aromatic rings. The van der Waals surface area contributed by atoms with Gasteiger partial charge in [0.1, 0.15) is 11.6 Å². The fraction of sp³-hybridized carbons (Fsp3) is 0.500. The molecule has 1 amide bonds. The first-order valence-corrected chi connectivity index (χ1v) is 8.18. The smallest absolute Gasteiger partial charge is 0.411 e. The van der Waals surface area contributed by atoms with E-state index in [4.69, 9.17) is 4.74 Å². The minimum atomic E-state index is -1.04. The van der Waals surface area contributed by atoms with E-state index in [0.29, 0.717) is 0 Å². The number of hydrogen-bond donors (Lipinski definition) is 1. The van der Waals surface area contributed by atoms with Gasteiger partial charge in [-0.15, -0.1) is 0 Å². The third-order valence-electron chi connectivity index (χ3n) is 2.97. The number of carboxylic acid groups (broad SMARTS) is 1. The number of hydrogen-bond acceptors (Lipinski definition) is 3. The van der Waals surface area contributed by atoms with Crippen LogP contribution in [0.25, 0.3) is 0 Å². The highest BCUT2D eigenvalue weighted by atomic mass is 127. The Balaban J connectivity index is 2.93. The molecule has 0 spiro atoms. The molecule has 22 heavy (non-hydrogen) atoms. The van der Waals surface area contributed by atoms with Crippen LogP contribution in [0.15, 0.2) is 24.3 Å². The molecule has 0 fully saturated rings. The maximum atomic E-state index is 12.2. The first-order chi connectivity index (χ1) is 10.1. The Morgan fingerprint density at radius 3 is 2.23 bits per heavy atom. The second kappa shape index (κ2) is 7.80. The Kier molecular flexibility index (Phi) is 6.65. The number of aliphatic carboxylic acids is 1. The van der Waals surface area contributed by atoms with Gasteiger partial charge in [0.25, 0.3) is 0 Å². The summed E-state index contributed by atoms with van der Waals surface area (Å²) in [4.78, 5) is 25.1. The van der Waals surface area contributed by atoms with Crippen LogP contribution in [-0.4, -0.2) is 40.3 Å². The molecule has 0 saturated carbocycles. The summed E-state index contributed by atoms with van der Waals surface area (Å²) < 4.78 is 6.38. The molecule has 1 N–H and O–H groups in total. The summed E-state index contributed by atoms with van der Waals surface area (Å²) in [5, 5.41) is 9.49. The van der Waals surface area contributed by atoms with Crippen molar-refractivity contribution in [2.24, 2.45) is 0 Å². The van der Waals surface area contributed by atoms with Gasteiger partial charge in [0.05, 0.1) is 0 Å². The zero-order chi connectivity index (χ0) is 16.9. The van der Waals surface area contributed by atoms with Crippen molar-refractivity contribution in [3.05, 3.63) is 33.4 Å². The van der Waals surface area contributed by atoms with Crippen LogP contribution in [-0.2, 0) is 16.0 Å². The van der Waals surface area contributed by atoms with E-state index in [-0.39, 0.29) is 13.0 Å². The minimum Gasteiger partial charge on any atom is -0.480 e. The fourth-order valence-electron chi connectivity index (χ4n) is 1.97. The summed E-state index contributed by atoms with van der Waals surface area (Å²) in [6.45, 7) is 7.29. The number of carbonyl (C=O) groups excluding carboxylic acids is 1. The van der Waals surface area contributed by atoms with Gasteiger partial charge < -0.3 is 9.84 Å². The fourth-order valence-corrected chi connectivity index (χ4v) is 2.33. The second-order valence-corrected chi connectivity index (χ2v) is 7.20. The highest BCUT2D eigenvalue weighted by Crippen LogP contribution is 2.16. The lowest BCUT2D eigenvalue weighted by Crippen LogP contribution is -2.48. The van der Waals surface area contributed by atoms with Crippen molar-refractivity contribution in [1.29, 1.82) is 0 Å². The molecule has 0 saturated heterocycles. The molecule has 6 heteroatoms. The van der Waals surface area contributed by atoms with E-state index in [0.717, 1.165) is 9.13 Å². The molecule has 0 aliphatic heterocycles. The van der Waals surface area contributed by atoms with Gasteiger partial charge in [-0.2, -0.15) is 0 Å². The highest BCUT2D eigenvalue weighted by Gasteiger charge is 2.31. The topological polar surface area (TPSA) is 66.8 Å². The largest absolute Gasteiger partial charge is 0.480 e. The number of ether oxygens (including phenoxy) is 1.